The molecule has 7 heteroatoms. The molecule has 2 N–H and O–H groups in total. The highest BCUT2D eigenvalue weighted by molar-refractivity contribution is 5.91. The first-order valence-corrected chi connectivity index (χ1v) is 9.31. The molecule has 1 aliphatic rings. The zero-order chi connectivity index (χ0) is 19.9. The van der Waals surface area contributed by atoms with Crippen LogP contribution in [0.25, 0.3) is 0 Å². The topological polar surface area (TPSA) is 72.1 Å². The number of nitrogens with zero attached hydrogens (tertiary/aromatic N) is 1. The number of amides is 2. The number of methoxy groups -OCH3 is 3. The molecule has 1 heterocycles. The van der Waals surface area contributed by atoms with E-state index in [2.05, 4.69) is 10.6 Å². The van der Waals surface area contributed by atoms with Crippen LogP contribution in [0.1, 0.15) is 12.8 Å². The number of urea groups is 1. The van der Waals surface area contributed by atoms with E-state index < -0.39 is 0 Å². The Morgan fingerprint density at radius 2 is 1.75 bits per heavy atom. The second-order valence-corrected chi connectivity index (χ2v) is 6.66. The fourth-order valence-corrected chi connectivity index (χ4v) is 3.35. The molecule has 2 aromatic rings. The van der Waals surface area contributed by atoms with Crippen LogP contribution in [0.2, 0.25) is 0 Å². The highest BCUT2D eigenvalue weighted by atomic mass is 16.5. The van der Waals surface area contributed by atoms with Gasteiger partial charge in [0.1, 0.15) is 17.2 Å². The Kier molecular flexibility index (Phi) is 6.47. The van der Waals surface area contributed by atoms with Gasteiger partial charge in [-0.1, -0.05) is 12.1 Å². The number of rotatable bonds is 6. The van der Waals surface area contributed by atoms with Gasteiger partial charge in [-0.05, 0) is 25.0 Å². The minimum Gasteiger partial charge on any atom is -0.497 e. The Hall–Kier alpha value is -3.09. The summed E-state index contributed by atoms with van der Waals surface area (Å²) < 4.78 is 16.0. The number of anilines is 2. The number of benzene rings is 2. The molecule has 1 fully saturated rings. The van der Waals surface area contributed by atoms with Crippen molar-refractivity contribution in [1.82, 2.24) is 4.90 Å². The van der Waals surface area contributed by atoms with Crippen LogP contribution in [-0.2, 0) is 0 Å². The molecular weight excluding hydrogens is 358 g/mol. The Balaban J connectivity index is 1.64. The summed E-state index contributed by atoms with van der Waals surface area (Å²) in [4.78, 5) is 14.6. The highest BCUT2D eigenvalue weighted by Gasteiger charge is 2.24. The summed E-state index contributed by atoms with van der Waals surface area (Å²) in [6.45, 7) is 1.33. The fourth-order valence-electron chi connectivity index (χ4n) is 3.35. The summed E-state index contributed by atoms with van der Waals surface area (Å²) in [5.41, 5.74) is 1.58. The second kappa shape index (κ2) is 9.21. The smallest absolute Gasteiger partial charge is 0.322 e. The molecule has 1 saturated heterocycles. The molecule has 0 bridgehead atoms. The second-order valence-electron chi connectivity index (χ2n) is 6.66. The predicted molar refractivity (Wildman–Crippen MR) is 110 cm³/mol. The fraction of sp³-hybridized carbons (Fsp3) is 0.381. The van der Waals surface area contributed by atoms with Gasteiger partial charge in [-0.2, -0.15) is 0 Å². The van der Waals surface area contributed by atoms with E-state index in [1.807, 2.05) is 47.4 Å². The Bertz CT molecular complexity index is 790. The number of para-hydroxylation sites is 2. The summed E-state index contributed by atoms with van der Waals surface area (Å²) >= 11 is 0. The van der Waals surface area contributed by atoms with E-state index in [9.17, 15) is 4.79 Å². The van der Waals surface area contributed by atoms with Gasteiger partial charge >= 0.3 is 6.03 Å². The minimum atomic E-state index is -0.126. The number of nitrogens with one attached hydrogen (secondary N) is 2. The largest absolute Gasteiger partial charge is 0.497 e. The lowest BCUT2D eigenvalue weighted by Gasteiger charge is -2.34. The lowest BCUT2D eigenvalue weighted by molar-refractivity contribution is 0.196. The molecule has 1 unspecified atom stereocenters. The molecule has 2 amide bonds. The molecule has 0 spiro atoms. The maximum absolute atomic E-state index is 12.7. The van der Waals surface area contributed by atoms with E-state index in [1.165, 1.54) is 0 Å². The van der Waals surface area contributed by atoms with E-state index in [0.29, 0.717) is 18.0 Å². The Morgan fingerprint density at radius 3 is 2.43 bits per heavy atom. The Labute approximate surface area is 165 Å². The molecular formula is C21H27N3O4. The quantitative estimate of drug-likeness (QED) is 0.791. The van der Waals surface area contributed by atoms with Gasteiger partial charge in [0.2, 0.25) is 0 Å². The van der Waals surface area contributed by atoms with Crippen LogP contribution in [0.4, 0.5) is 16.2 Å². The van der Waals surface area contributed by atoms with Crippen molar-refractivity contribution in [3.8, 4) is 17.2 Å². The van der Waals surface area contributed by atoms with E-state index in [0.717, 1.165) is 36.6 Å². The Morgan fingerprint density at radius 1 is 1.04 bits per heavy atom. The molecule has 0 saturated carbocycles. The summed E-state index contributed by atoms with van der Waals surface area (Å²) in [6, 6.07) is 13.1. The molecule has 150 valence electrons. The van der Waals surface area contributed by atoms with Crippen LogP contribution in [0.3, 0.4) is 0 Å². The third kappa shape index (κ3) is 4.79. The van der Waals surface area contributed by atoms with Gasteiger partial charge in [0.15, 0.2) is 0 Å². The zero-order valence-electron chi connectivity index (χ0n) is 16.5. The van der Waals surface area contributed by atoms with E-state index in [4.69, 9.17) is 14.2 Å². The molecule has 0 aliphatic carbocycles. The molecule has 28 heavy (non-hydrogen) atoms. The van der Waals surface area contributed by atoms with Crippen molar-refractivity contribution in [2.75, 3.05) is 45.1 Å². The number of carbonyl (C=O) groups excluding carboxylic acids is 1. The average molecular weight is 385 g/mol. The van der Waals surface area contributed by atoms with E-state index in [1.54, 1.807) is 21.3 Å². The summed E-state index contributed by atoms with van der Waals surface area (Å²) in [6.07, 6.45) is 1.91. The maximum atomic E-state index is 12.7. The molecule has 0 aromatic heterocycles. The minimum absolute atomic E-state index is 0.126. The maximum Gasteiger partial charge on any atom is 0.322 e. The highest BCUT2D eigenvalue weighted by Crippen LogP contribution is 2.28. The third-order valence-electron chi connectivity index (χ3n) is 4.78. The van der Waals surface area contributed by atoms with Gasteiger partial charge < -0.3 is 29.7 Å². The van der Waals surface area contributed by atoms with Crippen LogP contribution in [0, 0.1) is 0 Å². The van der Waals surface area contributed by atoms with Crippen molar-refractivity contribution in [3.63, 3.8) is 0 Å². The first kappa shape index (κ1) is 19.7. The number of hydrogen-bond donors (Lipinski definition) is 2. The number of likely N-dealkylation sites (tertiary alicyclic amines) is 1. The van der Waals surface area contributed by atoms with Gasteiger partial charge in [0.25, 0.3) is 0 Å². The molecule has 7 nitrogen and oxygen atoms in total. The van der Waals surface area contributed by atoms with Crippen molar-refractivity contribution in [3.05, 3.63) is 42.5 Å². The first-order valence-electron chi connectivity index (χ1n) is 9.31. The average Bonchev–Trinajstić information content (AvgIpc) is 2.74. The number of ether oxygens (including phenoxy) is 3. The van der Waals surface area contributed by atoms with Crippen molar-refractivity contribution < 1.29 is 19.0 Å². The van der Waals surface area contributed by atoms with Crippen molar-refractivity contribution in [1.29, 1.82) is 0 Å². The van der Waals surface area contributed by atoms with Crippen molar-refractivity contribution in [2.45, 2.75) is 18.9 Å². The van der Waals surface area contributed by atoms with Gasteiger partial charge in [-0.25, -0.2) is 4.79 Å². The van der Waals surface area contributed by atoms with Gasteiger partial charge in [0, 0.05) is 43.0 Å². The molecule has 0 radical (unpaired) electrons. The van der Waals surface area contributed by atoms with Crippen LogP contribution in [-0.4, -0.2) is 51.4 Å². The molecule has 1 atom stereocenters. The van der Waals surface area contributed by atoms with Gasteiger partial charge in [-0.3, -0.25) is 0 Å². The van der Waals surface area contributed by atoms with Gasteiger partial charge in [-0.15, -0.1) is 0 Å². The SMILES string of the molecule is COc1cc(NC2CCCN(C(=O)Nc3ccccc3OC)C2)cc(OC)c1. The van der Waals surface area contributed by atoms with Crippen LogP contribution < -0.4 is 24.8 Å². The van der Waals surface area contributed by atoms with Crippen LogP contribution in [0.15, 0.2) is 42.5 Å². The molecule has 2 aromatic carbocycles. The molecule has 1 aliphatic heterocycles. The summed E-state index contributed by atoms with van der Waals surface area (Å²) in [5.74, 6) is 2.10. The predicted octanol–water partition coefficient (Wildman–Crippen LogP) is 3.82. The number of piperidine rings is 1. The van der Waals surface area contributed by atoms with E-state index in [-0.39, 0.29) is 12.1 Å². The monoisotopic (exact) mass is 385 g/mol. The van der Waals surface area contributed by atoms with Gasteiger partial charge in [0.05, 0.1) is 27.0 Å². The normalized spacial score (nSPS) is 16.2. The lowest BCUT2D eigenvalue weighted by Crippen LogP contribution is -2.46. The summed E-state index contributed by atoms with van der Waals surface area (Å²) in [7, 11) is 4.85. The molecule has 3 rings (SSSR count). The standard InChI is InChI=1S/C21H27N3O4/c1-26-17-11-16(12-18(13-17)27-2)22-15-7-6-10-24(14-15)21(25)23-19-8-4-5-9-20(19)28-3/h4-5,8-9,11-13,15,22H,6-7,10,14H2,1-3H3,(H,23,25). The number of hydrogen-bond acceptors (Lipinski definition) is 5. The number of carbonyl (C=O) groups is 1. The zero-order valence-corrected chi connectivity index (χ0v) is 16.5. The summed E-state index contributed by atoms with van der Waals surface area (Å²) in [5, 5.41) is 6.44. The van der Waals surface area contributed by atoms with Crippen LogP contribution in [0.5, 0.6) is 17.2 Å². The first-order chi connectivity index (χ1) is 13.6. The lowest BCUT2D eigenvalue weighted by atomic mass is 10.1. The van der Waals surface area contributed by atoms with E-state index >= 15 is 0 Å². The van der Waals surface area contributed by atoms with Crippen molar-refractivity contribution >= 4 is 17.4 Å². The van der Waals surface area contributed by atoms with Crippen molar-refractivity contribution in [2.24, 2.45) is 0 Å². The third-order valence-corrected chi connectivity index (χ3v) is 4.78. The van der Waals surface area contributed by atoms with Crippen LogP contribution >= 0.6 is 0 Å².